The summed E-state index contributed by atoms with van der Waals surface area (Å²) >= 11 is 5.80. The highest BCUT2D eigenvalue weighted by Crippen LogP contribution is 2.50. The van der Waals surface area contributed by atoms with Gasteiger partial charge in [-0.25, -0.2) is 0 Å². The lowest BCUT2D eigenvalue weighted by molar-refractivity contribution is -0.130. The van der Waals surface area contributed by atoms with Crippen LogP contribution in [0.15, 0.2) is 66.7 Å². The molecule has 3 unspecified atom stereocenters. The van der Waals surface area contributed by atoms with Gasteiger partial charge in [0.2, 0.25) is 5.91 Å². The van der Waals surface area contributed by atoms with Crippen LogP contribution in [0.4, 0.5) is 11.4 Å². The Morgan fingerprint density at radius 3 is 2.59 bits per heavy atom. The second-order valence-corrected chi connectivity index (χ2v) is 9.33. The smallest absolute Gasteiger partial charge is 0.236 e. The standard InChI is InChI=1S/C27H27N3O3S/c1-16-10-12-21(17(2)14-16)28-25(31)23-24-20-15-19(32-4)11-13-22(20)33-27(23,3)30(26(34)29-24)18-8-6-5-7-9-18/h5-15,23-24H,1-4H3,(H,28,31)(H,29,34). The third kappa shape index (κ3) is 3.56. The van der Waals surface area contributed by atoms with E-state index in [1.54, 1.807) is 7.11 Å². The van der Waals surface area contributed by atoms with Crippen molar-refractivity contribution in [2.45, 2.75) is 32.5 Å². The van der Waals surface area contributed by atoms with Crippen LogP contribution >= 0.6 is 12.2 Å². The fraction of sp³-hybridized carbons (Fsp3) is 0.259. The Labute approximate surface area is 204 Å². The molecule has 0 saturated carbocycles. The average Bonchev–Trinajstić information content (AvgIpc) is 2.80. The number of fused-ring (bicyclic) bond motifs is 4. The van der Waals surface area contributed by atoms with Crippen LogP contribution in [0.1, 0.15) is 29.7 Å². The molecule has 2 aliphatic heterocycles. The van der Waals surface area contributed by atoms with Gasteiger partial charge in [0, 0.05) is 16.9 Å². The first-order chi connectivity index (χ1) is 16.3. The van der Waals surface area contributed by atoms with Crippen molar-refractivity contribution in [2.75, 3.05) is 17.3 Å². The third-order valence-corrected chi connectivity index (χ3v) is 6.94. The van der Waals surface area contributed by atoms with Gasteiger partial charge in [-0.15, -0.1) is 0 Å². The second kappa shape index (κ2) is 8.33. The summed E-state index contributed by atoms with van der Waals surface area (Å²) in [6.07, 6.45) is 0. The quantitative estimate of drug-likeness (QED) is 0.514. The van der Waals surface area contributed by atoms with E-state index in [4.69, 9.17) is 21.7 Å². The Balaban J connectivity index is 1.63. The number of methoxy groups -OCH3 is 1. The monoisotopic (exact) mass is 473 g/mol. The summed E-state index contributed by atoms with van der Waals surface area (Å²) < 4.78 is 12.1. The van der Waals surface area contributed by atoms with Gasteiger partial charge in [-0.3, -0.25) is 9.69 Å². The number of carbonyl (C=O) groups is 1. The lowest BCUT2D eigenvalue weighted by atomic mass is 9.78. The Morgan fingerprint density at radius 2 is 1.88 bits per heavy atom. The predicted octanol–water partition coefficient (Wildman–Crippen LogP) is 5.11. The van der Waals surface area contributed by atoms with Gasteiger partial charge < -0.3 is 20.1 Å². The molecule has 3 aromatic carbocycles. The molecule has 2 heterocycles. The van der Waals surface area contributed by atoms with E-state index in [0.29, 0.717) is 16.6 Å². The predicted molar refractivity (Wildman–Crippen MR) is 137 cm³/mol. The number of amides is 1. The van der Waals surface area contributed by atoms with Crippen LogP contribution < -0.4 is 25.0 Å². The van der Waals surface area contributed by atoms with Crippen LogP contribution in [-0.4, -0.2) is 23.9 Å². The van der Waals surface area contributed by atoms with Crippen molar-refractivity contribution in [1.29, 1.82) is 0 Å². The molecule has 1 saturated heterocycles. The van der Waals surface area contributed by atoms with Crippen LogP contribution in [0.3, 0.4) is 0 Å². The van der Waals surface area contributed by atoms with Crippen LogP contribution in [0.25, 0.3) is 0 Å². The maximum Gasteiger partial charge on any atom is 0.236 e. The number of hydrogen-bond acceptors (Lipinski definition) is 4. The summed E-state index contributed by atoms with van der Waals surface area (Å²) in [5, 5.41) is 7.08. The Hall–Kier alpha value is -3.58. The van der Waals surface area contributed by atoms with Gasteiger partial charge >= 0.3 is 0 Å². The molecule has 0 aromatic heterocycles. The van der Waals surface area contributed by atoms with Crippen molar-refractivity contribution in [1.82, 2.24) is 5.32 Å². The van der Waals surface area contributed by atoms with Crippen LogP contribution in [-0.2, 0) is 4.79 Å². The first kappa shape index (κ1) is 22.2. The number of para-hydroxylation sites is 1. The van der Waals surface area contributed by atoms with Crippen LogP contribution in [0.5, 0.6) is 11.5 Å². The number of nitrogens with zero attached hydrogens (tertiary/aromatic N) is 1. The number of aryl methyl sites for hydroxylation is 2. The van der Waals surface area contributed by atoms with E-state index in [-0.39, 0.29) is 11.9 Å². The second-order valence-electron chi connectivity index (χ2n) is 8.94. The Kier molecular flexibility index (Phi) is 5.44. The lowest BCUT2D eigenvalue weighted by Crippen LogP contribution is -2.72. The van der Waals surface area contributed by atoms with Crippen LogP contribution in [0, 0.1) is 19.8 Å². The van der Waals surface area contributed by atoms with Crippen molar-refractivity contribution in [2.24, 2.45) is 5.92 Å². The fourth-order valence-electron chi connectivity index (χ4n) is 5.02. The molecular weight excluding hydrogens is 446 g/mol. The number of carbonyl (C=O) groups excluding carboxylic acids is 1. The molecule has 0 radical (unpaired) electrons. The van der Waals surface area contributed by atoms with Crippen molar-refractivity contribution in [3.63, 3.8) is 0 Å². The maximum absolute atomic E-state index is 13.9. The normalized spacial score (nSPS) is 22.8. The first-order valence-electron chi connectivity index (χ1n) is 11.2. The largest absolute Gasteiger partial charge is 0.497 e. The molecule has 2 N–H and O–H groups in total. The van der Waals surface area contributed by atoms with Gasteiger partial charge in [-0.1, -0.05) is 35.9 Å². The highest BCUT2D eigenvalue weighted by Gasteiger charge is 2.59. The first-order valence-corrected chi connectivity index (χ1v) is 11.6. The van der Waals surface area contributed by atoms with Gasteiger partial charge in [-0.05, 0) is 75.0 Å². The van der Waals surface area contributed by atoms with Crippen LogP contribution in [0.2, 0.25) is 0 Å². The minimum atomic E-state index is -1.06. The number of ether oxygens (including phenoxy) is 2. The summed E-state index contributed by atoms with van der Waals surface area (Å²) in [6.45, 7) is 5.96. The molecule has 174 valence electrons. The van der Waals surface area contributed by atoms with E-state index in [1.807, 2.05) is 86.3 Å². The molecule has 0 aliphatic carbocycles. The molecule has 3 aromatic rings. The fourth-order valence-corrected chi connectivity index (χ4v) is 5.43. The number of nitrogens with one attached hydrogen (secondary N) is 2. The number of rotatable bonds is 4. The molecule has 3 atom stereocenters. The van der Waals surface area contributed by atoms with E-state index in [9.17, 15) is 4.79 Å². The van der Waals surface area contributed by atoms with Gasteiger partial charge in [-0.2, -0.15) is 0 Å². The number of hydrogen-bond donors (Lipinski definition) is 2. The number of thiocarbonyl (C=S) groups is 1. The average molecular weight is 474 g/mol. The topological polar surface area (TPSA) is 62.8 Å². The zero-order valence-electron chi connectivity index (χ0n) is 19.6. The summed E-state index contributed by atoms with van der Waals surface area (Å²) in [4.78, 5) is 15.8. The van der Waals surface area contributed by atoms with E-state index in [0.717, 1.165) is 28.1 Å². The molecule has 1 fully saturated rings. The molecule has 2 bridgehead atoms. The molecule has 5 rings (SSSR count). The van der Waals surface area contributed by atoms with E-state index >= 15 is 0 Å². The van der Waals surface area contributed by atoms with E-state index in [2.05, 4.69) is 16.7 Å². The zero-order chi connectivity index (χ0) is 24.0. The van der Waals surface area contributed by atoms with Crippen molar-refractivity contribution in [3.8, 4) is 11.5 Å². The Morgan fingerprint density at radius 1 is 1.12 bits per heavy atom. The highest BCUT2D eigenvalue weighted by molar-refractivity contribution is 7.80. The molecule has 0 spiro atoms. The highest BCUT2D eigenvalue weighted by atomic mass is 32.1. The molecule has 34 heavy (non-hydrogen) atoms. The lowest BCUT2D eigenvalue weighted by Gasteiger charge is -2.56. The van der Waals surface area contributed by atoms with E-state index < -0.39 is 11.6 Å². The van der Waals surface area contributed by atoms with Crippen molar-refractivity contribution >= 4 is 34.6 Å². The summed E-state index contributed by atoms with van der Waals surface area (Å²) in [6, 6.07) is 21.0. The minimum absolute atomic E-state index is 0.149. The molecule has 1 amide bonds. The maximum atomic E-state index is 13.9. The molecule has 6 nitrogen and oxygen atoms in total. The zero-order valence-corrected chi connectivity index (χ0v) is 20.4. The molecular formula is C27H27N3O3S. The van der Waals surface area contributed by atoms with Gasteiger partial charge in [0.15, 0.2) is 10.8 Å². The number of benzene rings is 3. The van der Waals surface area contributed by atoms with Gasteiger partial charge in [0.1, 0.15) is 17.4 Å². The molecule has 7 heteroatoms. The summed E-state index contributed by atoms with van der Waals surface area (Å²) in [7, 11) is 1.62. The van der Waals surface area contributed by atoms with Crippen molar-refractivity contribution < 1.29 is 14.3 Å². The third-order valence-electron chi connectivity index (χ3n) is 6.64. The minimum Gasteiger partial charge on any atom is -0.497 e. The van der Waals surface area contributed by atoms with Gasteiger partial charge in [0.05, 0.1) is 13.2 Å². The molecule has 2 aliphatic rings. The number of anilines is 2. The van der Waals surface area contributed by atoms with E-state index in [1.165, 1.54) is 0 Å². The Bertz CT molecular complexity index is 1280. The summed E-state index contributed by atoms with van der Waals surface area (Å²) in [5.41, 5.74) is 3.56. The SMILES string of the molecule is COc1ccc2c(c1)C1NC(=S)N(c3ccccc3)C(C)(O2)C1C(=O)Nc1ccc(C)cc1C. The van der Waals surface area contributed by atoms with Gasteiger partial charge in [0.25, 0.3) is 0 Å². The van der Waals surface area contributed by atoms with Crippen molar-refractivity contribution in [3.05, 3.63) is 83.4 Å². The summed E-state index contributed by atoms with van der Waals surface area (Å²) in [5.74, 6) is 0.626.